The van der Waals surface area contributed by atoms with Gasteiger partial charge in [-0.1, -0.05) is 35.9 Å². The monoisotopic (exact) mass is 544 g/mol. The van der Waals surface area contributed by atoms with E-state index in [1.54, 1.807) is 49.6 Å². The number of hydrogen-bond donors (Lipinski definition) is 1. The molecule has 1 N–H and O–H groups in total. The number of carbonyl (C=O) groups excluding carboxylic acids is 2. The van der Waals surface area contributed by atoms with E-state index < -0.39 is 17.7 Å². The van der Waals surface area contributed by atoms with Crippen LogP contribution in [0.4, 0.5) is 0 Å². The zero-order chi connectivity index (χ0) is 28.8. The van der Waals surface area contributed by atoms with Crippen LogP contribution in [-0.4, -0.2) is 68.0 Å². The van der Waals surface area contributed by atoms with Crippen molar-refractivity contribution in [3.8, 4) is 17.2 Å². The van der Waals surface area contributed by atoms with Crippen LogP contribution in [0.5, 0.6) is 17.2 Å². The lowest BCUT2D eigenvalue weighted by atomic mass is 9.95. The van der Waals surface area contributed by atoms with Crippen LogP contribution in [0.15, 0.2) is 72.3 Å². The second-order valence-corrected chi connectivity index (χ2v) is 10.1. The molecule has 1 fully saturated rings. The number of rotatable bonds is 11. The Labute approximate surface area is 235 Å². The van der Waals surface area contributed by atoms with Gasteiger partial charge in [0, 0.05) is 12.1 Å². The number of methoxy groups -OCH3 is 2. The Bertz CT molecular complexity index is 1400. The van der Waals surface area contributed by atoms with Gasteiger partial charge >= 0.3 is 0 Å². The predicted molar refractivity (Wildman–Crippen MR) is 154 cm³/mol. The molecule has 40 heavy (non-hydrogen) atoms. The van der Waals surface area contributed by atoms with Gasteiger partial charge in [0.05, 0.1) is 25.8 Å². The molecule has 0 saturated carbocycles. The Hall–Kier alpha value is -4.30. The van der Waals surface area contributed by atoms with Crippen molar-refractivity contribution < 1.29 is 28.9 Å². The van der Waals surface area contributed by atoms with E-state index in [9.17, 15) is 14.7 Å². The van der Waals surface area contributed by atoms with Gasteiger partial charge in [-0.15, -0.1) is 0 Å². The lowest BCUT2D eigenvalue weighted by molar-refractivity contribution is -0.139. The second-order valence-electron chi connectivity index (χ2n) is 10.1. The topological polar surface area (TPSA) is 88.5 Å². The van der Waals surface area contributed by atoms with Gasteiger partial charge in [0.1, 0.15) is 18.1 Å². The van der Waals surface area contributed by atoms with E-state index in [0.29, 0.717) is 47.9 Å². The fourth-order valence-corrected chi connectivity index (χ4v) is 4.87. The fraction of sp³-hybridized carbons (Fsp3) is 0.312. The largest absolute Gasteiger partial charge is 0.507 e. The van der Waals surface area contributed by atoms with Gasteiger partial charge in [-0.05, 0) is 81.5 Å². The molecule has 0 aromatic heterocycles. The molecule has 0 unspecified atom stereocenters. The number of carbonyl (C=O) groups is 2. The minimum atomic E-state index is -0.779. The number of aryl methyl sites for hydroxylation is 1. The summed E-state index contributed by atoms with van der Waals surface area (Å²) in [6.07, 6.45) is 0.664. The van der Waals surface area contributed by atoms with Gasteiger partial charge in [0.2, 0.25) is 0 Å². The zero-order valence-corrected chi connectivity index (χ0v) is 23.6. The summed E-state index contributed by atoms with van der Waals surface area (Å²) in [6, 6.07) is 19.4. The highest BCUT2D eigenvalue weighted by Crippen LogP contribution is 2.42. The number of ketones is 1. The van der Waals surface area contributed by atoms with Crippen LogP contribution >= 0.6 is 0 Å². The summed E-state index contributed by atoms with van der Waals surface area (Å²) < 4.78 is 16.8. The Morgan fingerprint density at radius 2 is 1.68 bits per heavy atom. The van der Waals surface area contributed by atoms with Crippen molar-refractivity contribution in [1.82, 2.24) is 9.80 Å². The highest BCUT2D eigenvalue weighted by molar-refractivity contribution is 6.46. The van der Waals surface area contributed by atoms with Gasteiger partial charge < -0.3 is 29.1 Å². The molecule has 1 aliphatic heterocycles. The van der Waals surface area contributed by atoms with E-state index in [1.165, 1.54) is 12.0 Å². The second kappa shape index (κ2) is 12.7. The van der Waals surface area contributed by atoms with Crippen LogP contribution in [0.3, 0.4) is 0 Å². The maximum atomic E-state index is 13.3. The molecule has 0 radical (unpaired) electrons. The Kier molecular flexibility index (Phi) is 9.11. The van der Waals surface area contributed by atoms with Crippen LogP contribution in [-0.2, 0) is 16.2 Å². The molecule has 1 saturated heterocycles. The molecule has 1 amide bonds. The number of aliphatic hydroxyl groups is 1. The van der Waals surface area contributed by atoms with E-state index in [-0.39, 0.29) is 11.3 Å². The third-order valence-corrected chi connectivity index (χ3v) is 6.88. The van der Waals surface area contributed by atoms with Crippen molar-refractivity contribution in [3.63, 3.8) is 0 Å². The summed E-state index contributed by atoms with van der Waals surface area (Å²) >= 11 is 0. The standard InChI is InChI=1S/C32H36N2O6/c1-21-8-6-9-22(18-21)20-40-25-13-10-23(11-14-25)30(35)28-29(24-12-15-26(38-4)27(19-24)39-5)34(32(37)31(28)36)17-7-16-33(2)3/h6,8-15,18-19,29,35H,7,16-17,20H2,1-5H3/b30-28+/t29-/m0/s1. The van der Waals surface area contributed by atoms with Gasteiger partial charge in [-0.2, -0.15) is 0 Å². The van der Waals surface area contributed by atoms with Gasteiger partial charge in [0.25, 0.3) is 11.7 Å². The number of aliphatic hydroxyl groups excluding tert-OH is 1. The van der Waals surface area contributed by atoms with Crippen molar-refractivity contribution in [2.75, 3.05) is 41.4 Å². The summed E-state index contributed by atoms with van der Waals surface area (Å²) in [5.74, 6) is 0.0169. The lowest BCUT2D eigenvalue weighted by Crippen LogP contribution is -2.32. The highest BCUT2D eigenvalue weighted by atomic mass is 16.5. The van der Waals surface area contributed by atoms with Crippen LogP contribution in [0, 0.1) is 6.92 Å². The molecular weight excluding hydrogens is 508 g/mol. The van der Waals surface area contributed by atoms with Crippen molar-refractivity contribution in [2.45, 2.75) is 26.0 Å². The van der Waals surface area contributed by atoms with Gasteiger partial charge in [-0.3, -0.25) is 9.59 Å². The number of benzene rings is 3. The zero-order valence-electron chi connectivity index (χ0n) is 23.6. The summed E-state index contributed by atoms with van der Waals surface area (Å²) in [6.45, 7) is 3.53. The number of nitrogens with zero attached hydrogens (tertiary/aromatic N) is 2. The molecule has 0 aliphatic carbocycles. The van der Waals surface area contributed by atoms with Crippen molar-refractivity contribution in [1.29, 1.82) is 0 Å². The number of likely N-dealkylation sites (tertiary alicyclic amines) is 1. The molecule has 4 rings (SSSR count). The molecular formula is C32H36N2O6. The molecule has 3 aromatic carbocycles. The Morgan fingerprint density at radius 1 is 0.950 bits per heavy atom. The minimum Gasteiger partial charge on any atom is -0.507 e. The van der Waals surface area contributed by atoms with Gasteiger partial charge in [-0.25, -0.2) is 0 Å². The summed E-state index contributed by atoms with van der Waals surface area (Å²) in [5, 5.41) is 11.4. The molecule has 8 heteroatoms. The average Bonchev–Trinajstić information content (AvgIpc) is 3.20. The van der Waals surface area contributed by atoms with Crippen LogP contribution in [0.2, 0.25) is 0 Å². The van der Waals surface area contributed by atoms with Crippen LogP contribution in [0.25, 0.3) is 5.76 Å². The lowest BCUT2D eigenvalue weighted by Gasteiger charge is -2.26. The highest BCUT2D eigenvalue weighted by Gasteiger charge is 2.46. The molecule has 0 bridgehead atoms. The van der Waals surface area contributed by atoms with E-state index in [2.05, 4.69) is 6.07 Å². The maximum absolute atomic E-state index is 13.3. The Balaban J connectivity index is 1.67. The molecule has 3 aromatic rings. The smallest absolute Gasteiger partial charge is 0.295 e. The minimum absolute atomic E-state index is 0.0375. The van der Waals surface area contributed by atoms with Crippen molar-refractivity contribution in [3.05, 3.63) is 94.6 Å². The van der Waals surface area contributed by atoms with E-state index in [4.69, 9.17) is 14.2 Å². The number of amides is 1. The van der Waals surface area contributed by atoms with Gasteiger partial charge in [0.15, 0.2) is 11.5 Å². The van der Waals surface area contributed by atoms with E-state index >= 15 is 0 Å². The molecule has 210 valence electrons. The first-order chi connectivity index (χ1) is 19.2. The first-order valence-electron chi connectivity index (χ1n) is 13.2. The molecule has 1 aliphatic rings. The summed E-state index contributed by atoms with van der Waals surface area (Å²) in [4.78, 5) is 30.1. The van der Waals surface area contributed by atoms with E-state index in [0.717, 1.165) is 17.7 Å². The SMILES string of the molecule is COc1ccc([C@H]2/C(=C(\O)c3ccc(OCc4cccc(C)c4)cc3)C(=O)C(=O)N2CCCN(C)C)cc1OC. The third kappa shape index (κ3) is 6.29. The normalized spacial score (nSPS) is 16.4. The first kappa shape index (κ1) is 28.7. The molecule has 8 nitrogen and oxygen atoms in total. The predicted octanol–water partition coefficient (Wildman–Crippen LogP) is 4.96. The summed E-state index contributed by atoms with van der Waals surface area (Å²) in [5.41, 5.74) is 3.30. The number of Topliss-reactive ketones (excluding diaryl/α,β-unsaturated/α-hetero) is 1. The number of ether oxygens (including phenoxy) is 3. The average molecular weight is 545 g/mol. The third-order valence-electron chi connectivity index (χ3n) is 6.88. The maximum Gasteiger partial charge on any atom is 0.295 e. The van der Waals surface area contributed by atoms with Crippen molar-refractivity contribution in [2.24, 2.45) is 0 Å². The van der Waals surface area contributed by atoms with Crippen LogP contribution < -0.4 is 14.2 Å². The quantitative estimate of drug-likeness (QED) is 0.207. The molecule has 0 spiro atoms. The summed E-state index contributed by atoms with van der Waals surface area (Å²) in [7, 11) is 6.97. The number of hydrogen-bond acceptors (Lipinski definition) is 7. The molecule has 1 heterocycles. The Morgan fingerprint density at radius 3 is 2.33 bits per heavy atom. The first-order valence-corrected chi connectivity index (χ1v) is 13.2. The molecule has 1 atom stereocenters. The fourth-order valence-electron chi connectivity index (χ4n) is 4.87. The van der Waals surface area contributed by atoms with Crippen LogP contribution in [0.1, 0.15) is 34.7 Å². The van der Waals surface area contributed by atoms with Crippen molar-refractivity contribution >= 4 is 17.4 Å². The van der Waals surface area contributed by atoms with E-state index in [1.807, 2.05) is 44.1 Å².